The summed E-state index contributed by atoms with van der Waals surface area (Å²) < 4.78 is 60.3. The van der Waals surface area contributed by atoms with E-state index in [1.807, 2.05) is 0 Å². The number of rotatable bonds is 8. The van der Waals surface area contributed by atoms with E-state index in [1.54, 1.807) is 45.2 Å². The molecule has 0 aliphatic rings. The summed E-state index contributed by atoms with van der Waals surface area (Å²) in [5.74, 6) is -1.11. The predicted molar refractivity (Wildman–Crippen MR) is 138 cm³/mol. The second-order valence-corrected chi connectivity index (χ2v) is 9.59. The minimum absolute atomic E-state index is 0.0561. The topological polar surface area (TPSA) is 99.2 Å². The number of pyridine rings is 2. The van der Waals surface area contributed by atoms with Crippen molar-refractivity contribution in [1.82, 2.24) is 14.7 Å². The number of carbonyl (C=O) groups excluding carboxylic acids is 1. The van der Waals surface area contributed by atoms with Gasteiger partial charge in [0.05, 0.1) is 17.1 Å². The van der Waals surface area contributed by atoms with Gasteiger partial charge in [-0.25, -0.2) is 18.7 Å². The molecule has 2 aromatic carbocycles. The summed E-state index contributed by atoms with van der Waals surface area (Å²) in [5.41, 5.74) is 2.16. The Bertz CT molecular complexity index is 1470. The van der Waals surface area contributed by atoms with E-state index in [9.17, 15) is 22.5 Å². The highest BCUT2D eigenvalue weighted by Gasteiger charge is 2.23. The van der Waals surface area contributed by atoms with Crippen molar-refractivity contribution in [1.29, 1.82) is 0 Å². The summed E-state index contributed by atoms with van der Waals surface area (Å²) in [6, 6.07) is 14.7. The van der Waals surface area contributed by atoms with Crippen molar-refractivity contribution in [3.05, 3.63) is 95.2 Å². The molecule has 1 amide bonds. The largest absolute Gasteiger partial charge is 0.593 e. The normalized spacial score (nSPS) is 11.9. The van der Waals surface area contributed by atoms with Crippen LogP contribution in [0.3, 0.4) is 0 Å². The Morgan fingerprint density at radius 2 is 1.82 bits per heavy atom. The first kappa shape index (κ1) is 27.1. The lowest BCUT2D eigenvalue weighted by atomic mass is 9.97. The third kappa shape index (κ3) is 5.96. The minimum atomic E-state index is -2.61. The molecule has 4 aromatic rings. The van der Waals surface area contributed by atoms with E-state index < -0.39 is 29.6 Å². The van der Waals surface area contributed by atoms with Crippen LogP contribution in [-0.2, 0) is 11.4 Å². The maximum Gasteiger partial charge on any atom is 0.263 e. The molecule has 0 spiro atoms. The standard InChI is InChI=1S/C27H23F3N4O3S/c1-15-21(17-7-9-18(10-8-17)25(29)30)14-32-27(37-22-11-12-23(28)33-16(22)2)24(15)26(35)34-19-5-4-6-20(13-19)38(36)31-3/h4-14,25,31H,1-3H3,(H,34,35). The van der Waals surface area contributed by atoms with E-state index in [2.05, 4.69) is 20.0 Å². The highest BCUT2D eigenvalue weighted by Crippen LogP contribution is 2.34. The van der Waals surface area contributed by atoms with Crippen LogP contribution in [0.15, 0.2) is 71.8 Å². The molecule has 0 aliphatic carbocycles. The van der Waals surface area contributed by atoms with Crippen LogP contribution in [0.2, 0.25) is 0 Å². The molecule has 1 unspecified atom stereocenters. The van der Waals surface area contributed by atoms with Crippen LogP contribution in [0.1, 0.15) is 33.6 Å². The average molecular weight is 541 g/mol. The first-order chi connectivity index (χ1) is 18.2. The summed E-state index contributed by atoms with van der Waals surface area (Å²) in [5, 5.41) is 2.78. The van der Waals surface area contributed by atoms with Crippen LogP contribution in [0, 0.1) is 19.8 Å². The van der Waals surface area contributed by atoms with E-state index >= 15 is 0 Å². The molecule has 0 radical (unpaired) electrons. The van der Waals surface area contributed by atoms with Gasteiger partial charge in [-0.2, -0.15) is 4.39 Å². The maximum absolute atomic E-state index is 13.6. The van der Waals surface area contributed by atoms with Crippen LogP contribution in [0.5, 0.6) is 11.6 Å². The Kier molecular flexibility index (Phi) is 8.30. The lowest BCUT2D eigenvalue weighted by molar-refractivity contribution is 0.102. The minimum Gasteiger partial charge on any atom is -0.593 e. The Balaban J connectivity index is 1.77. The zero-order chi connectivity index (χ0) is 27.4. The summed E-state index contributed by atoms with van der Waals surface area (Å²) in [7, 11) is 1.55. The molecule has 0 saturated heterocycles. The van der Waals surface area contributed by atoms with Gasteiger partial charge >= 0.3 is 0 Å². The maximum atomic E-state index is 13.6. The fraction of sp³-hybridized carbons (Fsp3) is 0.148. The first-order valence-corrected chi connectivity index (χ1v) is 12.5. The van der Waals surface area contributed by atoms with E-state index in [1.165, 1.54) is 36.5 Å². The van der Waals surface area contributed by atoms with Gasteiger partial charge in [-0.05, 0) is 49.2 Å². The van der Waals surface area contributed by atoms with Gasteiger partial charge in [0.2, 0.25) is 11.8 Å². The number of alkyl halides is 2. The molecule has 196 valence electrons. The van der Waals surface area contributed by atoms with Crippen LogP contribution in [0.4, 0.5) is 18.9 Å². The van der Waals surface area contributed by atoms with Crippen molar-refractivity contribution in [2.24, 2.45) is 0 Å². The Morgan fingerprint density at radius 3 is 2.47 bits per heavy atom. The average Bonchev–Trinajstić information content (AvgIpc) is 2.90. The third-order valence-electron chi connectivity index (χ3n) is 5.71. The summed E-state index contributed by atoms with van der Waals surface area (Å²) in [6.07, 6.45) is -1.14. The SMILES string of the molecule is CN[S+]([O-])c1cccc(NC(=O)c2c(Oc3ccc(F)nc3C)ncc(-c3ccc(C(F)F)cc3)c2C)c1. The van der Waals surface area contributed by atoms with Gasteiger partial charge in [0.25, 0.3) is 12.3 Å². The van der Waals surface area contributed by atoms with Gasteiger partial charge in [-0.15, -0.1) is 4.72 Å². The van der Waals surface area contributed by atoms with E-state index in [-0.39, 0.29) is 28.5 Å². The molecule has 4 rings (SSSR count). The second-order valence-electron chi connectivity index (χ2n) is 8.17. The quantitative estimate of drug-likeness (QED) is 0.206. The third-order valence-corrected chi connectivity index (χ3v) is 6.76. The summed E-state index contributed by atoms with van der Waals surface area (Å²) >= 11 is -1.46. The molecule has 11 heteroatoms. The highest BCUT2D eigenvalue weighted by molar-refractivity contribution is 7.89. The summed E-state index contributed by atoms with van der Waals surface area (Å²) in [6.45, 7) is 3.24. The number of carbonyl (C=O) groups is 1. The predicted octanol–water partition coefficient (Wildman–Crippen LogP) is 6.12. The number of aromatic nitrogens is 2. The molecule has 0 saturated carbocycles. The number of hydrogen-bond acceptors (Lipinski definition) is 6. The van der Waals surface area contributed by atoms with Crippen LogP contribution >= 0.6 is 0 Å². The van der Waals surface area contributed by atoms with Crippen LogP contribution in [-0.4, -0.2) is 27.5 Å². The number of nitrogens with one attached hydrogen (secondary N) is 2. The lowest BCUT2D eigenvalue weighted by Crippen LogP contribution is -2.19. The fourth-order valence-corrected chi connectivity index (χ4v) is 4.43. The number of nitrogens with zero attached hydrogens (tertiary/aromatic N) is 2. The number of anilines is 1. The van der Waals surface area contributed by atoms with E-state index in [4.69, 9.17) is 4.74 Å². The van der Waals surface area contributed by atoms with Gasteiger partial charge in [0.1, 0.15) is 5.56 Å². The van der Waals surface area contributed by atoms with E-state index in [0.717, 1.165) is 6.07 Å². The first-order valence-electron chi connectivity index (χ1n) is 11.4. The van der Waals surface area contributed by atoms with Crippen molar-refractivity contribution in [2.75, 3.05) is 12.4 Å². The molecular weight excluding hydrogens is 517 g/mol. The molecule has 2 aromatic heterocycles. The van der Waals surface area contributed by atoms with Crippen molar-refractivity contribution < 1.29 is 27.3 Å². The molecule has 38 heavy (non-hydrogen) atoms. The number of amides is 1. The fourth-order valence-electron chi connectivity index (χ4n) is 3.75. The number of aryl methyl sites for hydroxylation is 1. The lowest BCUT2D eigenvalue weighted by Gasteiger charge is -2.17. The van der Waals surface area contributed by atoms with Gasteiger partial charge in [0.15, 0.2) is 10.6 Å². The molecule has 2 N–H and O–H groups in total. The van der Waals surface area contributed by atoms with Crippen molar-refractivity contribution >= 4 is 23.0 Å². The number of hydrogen-bond donors (Lipinski definition) is 2. The molecule has 0 fully saturated rings. The molecule has 1 atom stereocenters. The van der Waals surface area contributed by atoms with Gasteiger partial charge in [-0.1, -0.05) is 30.3 Å². The van der Waals surface area contributed by atoms with Gasteiger partial charge in [-0.3, -0.25) is 4.79 Å². The van der Waals surface area contributed by atoms with Gasteiger partial charge < -0.3 is 14.6 Å². The van der Waals surface area contributed by atoms with Crippen LogP contribution < -0.4 is 14.8 Å². The molecule has 7 nitrogen and oxygen atoms in total. The van der Waals surface area contributed by atoms with Crippen molar-refractivity contribution in [3.8, 4) is 22.8 Å². The second kappa shape index (κ2) is 11.6. The zero-order valence-electron chi connectivity index (χ0n) is 20.6. The monoisotopic (exact) mass is 540 g/mol. The molecule has 0 bridgehead atoms. The van der Waals surface area contributed by atoms with Crippen molar-refractivity contribution in [2.45, 2.75) is 25.2 Å². The highest BCUT2D eigenvalue weighted by atomic mass is 32.2. The zero-order valence-corrected chi connectivity index (χ0v) is 21.4. The molecule has 0 aliphatic heterocycles. The molecule has 2 heterocycles. The van der Waals surface area contributed by atoms with E-state index in [0.29, 0.717) is 27.3 Å². The number of halogens is 3. The van der Waals surface area contributed by atoms with Crippen molar-refractivity contribution in [3.63, 3.8) is 0 Å². The van der Waals surface area contributed by atoms with Crippen LogP contribution in [0.25, 0.3) is 11.1 Å². The summed E-state index contributed by atoms with van der Waals surface area (Å²) in [4.78, 5) is 22.1. The Labute approximate surface area is 220 Å². The van der Waals surface area contributed by atoms with Gasteiger partial charge in [0, 0.05) is 36.1 Å². The Hall–Kier alpha value is -3.93. The number of benzene rings is 2. The molecular formula is C27H23F3N4O3S. The Morgan fingerprint density at radius 1 is 1.08 bits per heavy atom. The number of ether oxygens (including phenoxy) is 1. The smallest absolute Gasteiger partial charge is 0.263 e.